The number of nitrogens with zero attached hydrogens (tertiary/aromatic N) is 2. The van der Waals surface area contributed by atoms with Gasteiger partial charge >= 0.3 is 6.03 Å². The van der Waals surface area contributed by atoms with E-state index in [1.807, 2.05) is 0 Å². The molecule has 1 saturated heterocycles. The van der Waals surface area contributed by atoms with Crippen molar-refractivity contribution in [1.29, 1.82) is 0 Å². The van der Waals surface area contributed by atoms with Crippen LogP contribution in [-0.4, -0.2) is 55.2 Å². The van der Waals surface area contributed by atoms with Crippen molar-refractivity contribution in [2.45, 2.75) is 18.9 Å². The molecule has 144 valence electrons. The summed E-state index contributed by atoms with van der Waals surface area (Å²) < 4.78 is 10.5. The van der Waals surface area contributed by atoms with Crippen molar-refractivity contribution in [2.75, 3.05) is 32.6 Å². The van der Waals surface area contributed by atoms with Gasteiger partial charge in [0.25, 0.3) is 5.91 Å². The Hall–Kier alpha value is -2.81. The summed E-state index contributed by atoms with van der Waals surface area (Å²) in [6, 6.07) is 4.90. The van der Waals surface area contributed by atoms with E-state index < -0.39 is 0 Å². The molecule has 3 rings (SSSR count). The lowest BCUT2D eigenvalue weighted by molar-refractivity contribution is 0.0705. The van der Waals surface area contributed by atoms with E-state index in [9.17, 15) is 9.59 Å². The fraction of sp³-hybridized carbons (Fsp3) is 0.389. The van der Waals surface area contributed by atoms with Crippen LogP contribution in [0.3, 0.4) is 0 Å². The number of hydrogen-bond acceptors (Lipinski definition) is 6. The standard InChI is InChI=1S/C18H22N4O4S/c1-25-13-3-4-14(15(11-13)26-2)16(23)22-8-5-12(6-9-22)20-17(24)21-18-19-7-10-27-18/h3-4,7,10-12H,5-6,8-9H2,1-2H3,(H2,19,20,21,24). The Labute approximate surface area is 161 Å². The van der Waals surface area contributed by atoms with Crippen LogP contribution in [0.1, 0.15) is 23.2 Å². The summed E-state index contributed by atoms with van der Waals surface area (Å²) in [5.41, 5.74) is 0.506. The SMILES string of the molecule is COc1ccc(C(=O)N2CCC(NC(=O)Nc3nccs3)CC2)c(OC)c1. The molecule has 0 atom stereocenters. The molecule has 1 fully saturated rings. The lowest BCUT2D eigenvalue weighted by Crippen LogP contribution is -2.47. The van der Waals surface area contributed by atoms with Crippen LogP contribution in [0.15, 0.2) is 29.8 Å². The molecule has 0 aliphatic carbocycles. The highest BCUT2D eigenvalue weighted by Crippen LogP contribution is 2.26. The maximum atomic E-state index is 12.8. The minimum absolute atomic E-state index is 0.0202. The molecular weight excluding hydrogens is 368 g/mol. The molecule has 27 heavy (non-hydrogen) atoms. The van der Waals surface area contributed by atoms with Gasteiger partial charge in [-0.3, -0.25) is 10.1 Å². The number of carbonyl (C=O) groups excluding carboxylic acids is 2. The Morgan fingerprint density at radius 2 is 2.00 bits per heavy atom. The number of nitrogens with one attached hydrogen (secondary N) is 2. The van der Waals surface area contributed by atoms with Crippen LogP contribution in [0.5, 0.6) is 11.5 Å². The molecule has 1 aliphatic rings. The van der Waals surface area contributed by atoms with Crippen LogP contribution in [0, 0.1) is 0 Å². The van der Waals surface area contributed by atoms with E-state index in [4.69, 9.17) is 9.47 Å². The summed E-state index contributed by atoms with van der Waals surface area (Å²) in [6.45, 7) is 1.13. The molecule has 1 aromatic carbocycles. The predicted molar refractivity (Wildman–Crippen MR) is 103 cm³/mol. The Morgan fingerprint density at radius 3 is 2.63 bits per heavy atom. The number of benzene rings is 1. The molecule has 1 aromatic heterocycles. The monoisotopic (exact) mass is 390 g/mol. The third-order valence-corrected chi connectivity index (χ3v) is 5.10. The molecular formula is C18H22N4O4S. The Morgan fingerprint density at radius 1 is 1.22 bits per heavy atom. The van der Waals surface area contributed by atoms with Gasteiger partial charge in [0.15, 0.2) is 5.13 Å². The zero-order valence-corrected chi connectivity index (χ0v) is 16.0. The van der Waals surface area contributed by atoms with Crippen molar-refractivity contribution in [2.24, 2.45) is 0 Å². The summed E-state index contributed by atoms with van der Waals surface area (Å²) in [7, 11) is 3.10. The first-order valence-corrected chi connectivity index (χ1v) is 9.47. The smallest absolute Gasteiger partial charge is 0.321 e. The van der Waals surface area contributed by atoms with Gasteiger partial charge in [0.05, 0.1) is 19.8 Å². The highest BCUT2D eigenvalue weighted by molar-refractivity contribution is 7.13. The van der Waals surface area contributed by atoms with E-state index in [2.05, 4.69) is 15.6 Å². The Kier molecular flexibility index (Phi) is 6.12. The second kappa shape index (κ2) is 8.72. The van der Waals surface area contributed by atoms with Gasteiger partial charge < -0.3 is 19.7 Å². The molecule has 2 N–H and O–H groups in total. The number of urea groups is 1. The summed E-state index contributed by atoms with van der Waals surface area (Å²) in [4.78, 5) is 30.6. The van der Waals surface area contributed by atoms with Crippen molar-refractivity contribution in [3.63, 3.8) is 0 Å². The van der Waals surface area contributed by atoms with Crippen LogP contribution in [0.2, 0.25) is 0 Å². The number of hydrogen-bond donors (Lipinski definition) is 2. The summed E-state index contributed by atoms with van der Waals surface area (Å²) >= 11 is 1.36. The van der Waals surface area contributed by atoms with Gasteiger partial charge in [-0.2, -0.15) is 0 Å². The minimum atomic E-state index is -0.272. The van der Waals surface area contributed by atoms with E-state index in [-0.39, 0.29) is 18.0 Å². The van der Waals surface area contributed by atoms with E-state index >= 15 is 0 Å². The van der Waals surface area contributed by atoms with E-state index in [0.29, 0.717) is 48.1 Å². The largest absolute Gasteiger partial charge is 0.497 e. The maximum absolute atomic E-state index is 12.8. The number of aromatic nitrogens is 1. The van der Waals surface area contributed by atoms with Crippen LogP contribution >= 0.6 is 11.3 Å². The molecule has 0 spiro atoms. The number of piperidine rings is 1. The average Bonchev–Trinajstić information content (AvgIpc) is 3.20. The second-order valence-electron chi connectivity index (χ2n) is 6.07. The highest BCUT2D eigenvalue weighted by atomic mass is 32.1. The first-order valence-electron chi connectivity index (χ1n) is 8.59. The number of methoxy groups -OCH3 is 2. The van der Waals surface area contributed by atoms with Crippen LogP contribution in [-0.2, 0) is 0 Å². The first-order chi connectivity index (χ1) is 13.1. The van der Waals surface area contributed by atoms with Gasteiger partial charge in [-0.05, 0) is 25.0 Å². The zero-order chi connectivity index (χ0) is 19.2. The quantitative estimate of drug-likeness (QED) is 0.819. The number of rotatable bonds is 5. The molecule has 8 nitrogen and oxygen atoms in total. The van der Waals surface area contributed by atoms with Crippen molar-refractivity contribution < 1.29 is 19.1 Å². The highest BCUT2D eigenvalue weighted by Gasteiger charge is 2.26. The number of likely N-dealkylation sites (tertiary alicyclic amines) is 1. The number of ether oxygens (including phenoxy) is 2. The first kappa shape index (κ1) is 19.0. The molecule has 2 aromatic rings. The molecule has 0 unspecified atom stereocenters. The van der Waals surface area contributed by atoms with Crippen molar-refractivity contribution >= 4 is 28.4 Å². The number of thiazole rings is 1. The van der Waals surface area contributed by atoms with Gasteiger partial charge in [0.2, 0.25) is 0 Å². The third kappa shape index (κ3) is 4.68. The molecule has 9 heteroatoms. The van der Waals surface area contributed by atoms with Crippen LogP contribution in [0.25, 0.3) is 0 Å². The lowest BCUT2D eigenvalue weighted by Gasteiger charge is -2.32. The fourth-order valence-electron chi connectivity index (χ4n) is 2.98. The topological polar surface area (TPSA) is 92.8 Å². The number of amides is 3. The minimum Gasteiger partial charge on any atom is -0.497 e. The van der Waals surface area contributed by atoms with Crippen LogP contribution < -0.4 is 20.1 Å². The van der Waals surface area contributed by atoms with Gasteiger partial charge in [-0.15, -0.1) is 11.3 Å². The Bertz CT molecular complexity index is 789. The van der Waals surface area contributed by atoms with Crippen LogP contribution in [0.4, 0.5) is 9.93 Å². The predicted octanol–water partition coefficient (Wildman–Crippen LogP) is 2.59. The summed E-state index contributed by atoms with van der Waals surface area (Å²) in [5, 5.41) is 8.00. The average molecular weight is 390 g/mol. The van der Waals surface area contributed by atoms with E-state index in [1.54, 1.807) is 41.8 Å². The summed E-state index contributed by atoms with van der Waals surface area (Å²) in [6.07, 6.45) is 3.02. The zero-order valence-electron chi connectivity index (χ0n) is 15.2. The maximum Gasteiger partial charge on any atom is 0.321 e. The molecule has 0 radical (unpaired) electrons. The normalized spacial score (nSPS) is 14.5. The molecule has 1 aliphatic heterocycles. The second-order valence-corrected chi connectivity index (χ2v) is 6.96. The Balaban J connectivity index is 1.54. The van der Waals surface area contributed by atoms with Gasteiger partial charge in [-0.25, -0.2) is 9.78 Å². The van der Waals surface area contributed by atoms with E-state index in [1.165, 1.54) is 18.4 Å². The van der Waals surface area contributed by atoms with Crippen molar-refractivity contribution in [3.05, 3.63) is 35.3 Å². The fourth-order valence-corrected chi connectivity index (χ4v) is 3.50. The van der Waals surface area contributed by atoms with Crippen molar-refractivity contribution in [1.82, 2.24) is 15.2 Å². The van der Waals surface area contributed by atoms with Crippen molar-refractivity contribution in [3.8, 4) is 11.5 Å². The lowest BCUT2D eigenvalue weighted by atomic mass is 10.0. The molecule has 3 amide bonds. The molecule has 0 saturated carbocycles. The third-order valence-electron chi connectivity index (χ3n) is 4.41. The van der Waals surface area contributed by atoms with E-state index in [0.717, 1.165) is 0 Å². The van der Waals surface area contributed by atoms with Gasteiger partial charge in [-0.1, -0.05) is 0 Å². The number of carbonyl (C=O) groups is 2. The molecule has 0 bridgehead atoms. The molecule has 2 heterocycles. The number of anilines is 1. The van der Waals surface area contributed by atoms with Gasteiger partial charge in [0.1, 0.15) is 11.5 Å². The van der Waals surface area contributed by atoms with Gasteiger partial charge in [0, 0.05) is 36.8 Å². The summed E-state index contributed by atoms with van der Waals surface area (Å²) in [5.74, 6) is 1.04.